The van der Waals surface area contributed by atoms with Gasteiger partial charge in [0, 0.05) is 20.1 Å². The third kappa shape index (κ3) is 8.70. The van der Waals surface area contributed by atoms with Crippen molar-refractivity contribution >= 4 is 66.1 Å². The van der Waals surface area contributed by atoms with Gasteiger partial charge in [0.15, 0.2) is 0 Å². The number of halogens is 2. The quantitative estimate of drug-likeness (QED) is 0.137. The smallest absolute Gasteiger partial charge is 0.335 e. The minimum Gasteiger partial charge on any atom is -0.507 e. The maximum Gasteiger partial charge on any atom is 0.335 e. The van der Waals surface area contributed by atoms with Gasteiger partial charge in [-0.15, -0.1) is 0 Å². The van der Waals surface area contributed by atoms with Crippen LogP contribution in [0.15, 0.2) is 124 Å². The summed E-state index contributed by atoms with van der Waals surface area (Å²) in [6.07, 6.45) is 5.72. The highest BCUT2D eigenvalue weighted by atomic mass is 79.9. The van der Waals surface area contributed by atoms with Crippen LogP contribution in [0.3, 0.4) is 0 Å². The summed E-state index contributed by atoms with van der Waals surface area (Å²) in [6.45, 7) is 0.507. The van der Waals surface area contributed by atoms with Crippen molar-refractivity contribution in [1.82, 2.24) is 0 Å². The number of hydrogen-bond donors (Lipinski definition) is 3. The molecular formula is C43H36Br2O6. The van der Waals surface area contributed by atoms with E-state index in [1.54, 1.807) is 42.5 Å². The Hall–Kier alpha value is -4.92. The predicted molar refractivity (Wildman–Crippen MR) is 209 cm³/mol. The van der Waals surface area contributed by atoms with Gasteiger partial charge in [-0.1, -0.05) is 86.5 Å². The molecule has 0 radical (unpaired) electrons. The zero-order valence-corrected chi connectivity index (χ0v) is 30.9. The summed E-state index contributed by atoms with van der Waals surface area (Å²) in [5.74, 6) is -0.721. The van der Waals surface area contributed by atoms with Gasteiger partial charge in [0.05, 0.1) is 11.1 Å². The first kappa shape index (κ1) is 35.9. The second-order valence-electron chi connectivity index (χ2n) is 12.5. The standard InChI is InChI=1S/C25H21BrO3.C18H15BrO3/c26-20-12-13-24(29-16-17-6-2-1-3-7-17)23(15-20)22-11-5-10-21(22)18-8-4-9-19(14-18)25(27)28;19-13-7-8-17(20)16(10-13)15-6-2-5-14(15)11-3-1-4-12(9-11)18(21)22/h1-4,6-9,12-15H,5,10-11,16H2,(H,27,28);1,3-4,7-10,20H,2,5-6H2,(H,21,22). The molecule has 0 aromatic heterocycles. The number of aromatic hydroxyl groups is 1. The van der Waals surface area contributed by atoms with Crippen LogP contribution in [-0.2, 0) is 6.61 Å². The Bertz CT molecular complexity index is 2150. The van der Waals surface area contributed by atoms with Crippen molar-refractivity contribution in [2.75, 3.05) is 0 Å². The molecule has 5 aromatic rings. The Labute approximate surface area is 314 Å². The third-order valence-electron chi connectivity index (χ3n) is 9.14. The number of phenols is 1. The second kappa shape index (κ2) is 16.4. The number of carboxylic acid groups (broad SMARTS) is 2. The molecular weight excluding hydrogens is 772 g/mol. The van der Waals surface area contributed by atoms with Crippen LogP contribution in [0, 0.1) is 0 Å². The molecule has 8 heteroatoms. The lowest BCUT2D eigenvalue weighted by molar-refractivity contribution is 0.0686. The fourth-order valence-electron chi connectivity index (χ4n) is 6.75. The summed E-state index contributed by atoms with van der Waals surface area (Å²) >= 11 is 7.03. The average Bonchev–Trinajstić information content (AvgIpc) is 3.84. The molecule has 6 nitrogen and oxygen atoms in total. The normalized spacial score (nSPS) is 13.9. The number of carboxylic acids is 2. The lowest BCUT2D eigenvalue weighted by Gasteiger charge is -2.15. The molecule has 0 fully saturated rings. The lowest BCUT2D eigenvalue weighted by Crippen LogP contribution is -1.99. The first-order valence-electron chi connectivity index (χ1n) is 16.7. The largest absolute Gasteiger partial charge is 0.507 e. The molecule has 0 heterocycles. The van der Waals surface area contributed by atoms with Crippen LogP contribution in [0.2, 0.25) is 0 Å². The Morgan fingerprint density at radius 1 is 0.569 bits per heavy atom. The number of allylic oxidation sites excluding steroid dienone is 4. The first-order valence-corrected chi connectivity index (χ1v) is 18.3. The van der Waals surface area contributed by atoms with E-state index in [0.717, 1.165) is 92.2 Å². The molecule has 2 aliphatic carbocycles. The van der Waals surface area contributed by atoms with E-state index in [9.17, 15) is 19.8 Å². The molecule has 0 atom stereocenters. The van der Waals surface area contributed by atoms with E-state index in [1.165, 1.54) is 11.1 Å². The topological polar surface area (TPSA) is 104 Å². The molecule has 0 spiro atoms. The van der Waals surface area contributed by atoms with Crippen molar-refractivity contribution in [3.63, 3.8) is 0 Å². The molecule has 7 rings (SSSR count). The summed E-state index contributed by atoms with van der Waals surface area (Å²) in [5, 5.41) is 28.7. The van der Waals surface area contributed by atoms with E-state index < -0.39 is 11.9 Å². The third-order valence-corrected chi connectivity index (χ3v) is 10.1. The fraction of sp³-hybridized carbons (Fsp3) is 0.163. The predicted octanol–water partition coefficient (Wildman–Crippen LogP) is 11.8. The summed E-state index contributed by atoms with van der Waals surface area (Å²) in [4.78, 5) is 22.6. The summed E-state index contributed by atoms with van der Waals surface area (Å²) < 4.78 is 8.10. The van der Waals surface area contributed by atoms with Gasteiger partial charge < -0.3 is 20.1 Å². The van der Waals surface area contributed by atoms with Crippen molar-refractivity contribution in [2.24, 2.45) is 0 Å². The first-order chi connectivity index (χ1) is 24.7. The Kier molecular flexibility index (Phi) is 11.5. The summed E-state index contributed by atoms with van der Waals surface area (Å²) in [6, 6.07) is 35.8. The number of benzene rings is 5. The van der Waals surface area contributed by atoms with Gasteiger partial charge in [0.2, 0.25) is 0 Å². The Morgan fingerprint density at radius 3 is 1.65 bits per heavy atom. The van der Waals surface area contributed by atoms with Gasteiger partial charge in [0.1, 0.15) is 18.1 Å². The Balaban J connectivity index is 0.000000183. The maximum atomic E-state index is 11.4. The van der Waals surface area contributed by atoms with E-state index in [2.05, 4.69) is 50.1 Å². The molecule has 258 valence electrons. The summed E-state index contributed by atoms with van der Waals surface area (Å²) in [5.41, 5.74) is 10.2. The minimum atomic E-state index is -0.924. The SMILES string of the molecule is O=C(O)c1cccc(C2=C(c3cc(Br)ccc3O)CCC2)c1.O=C(O)c1cccc(C2=C(c3cc(Br)ccc3OCc3ccccc3)CCC2)c1. The number of carbonyl (C=O) groups is 2. The number of hydrogen-bond acceptors (Lipinski definition) is 4. The van der Waals surface area contributed by atoms with E-state index in [1.807, 2.05) is 54.6 Å². The van der Waals surface area contributed by atoms with Crippen molar-refractivity contribution < 1.29 is 29.6 Å². The van der Waals surface area contributed by atoms with E-state index in [4.69, 9.17) is 9.84 Å². The molecule has 0 bridgehead atoms. The molecule has 0 amide bonds. The van der Waals surface area contributed by atoms with Crippen molar-refractivity contribution in [3.8, 4) is 11.5 Å². The van der Waals surface area contributed by atoms with Gasteiger partial charge in [-0.3, -0.25) is 0 Å². The highest BCUT2D eigenvalue weighted by molar-refractivity contribution is 9.10. The average molecular weight is 809 g/mol. The maximum absolute atomic E-state index is 11.4. The van der Waals surface area contributed by atoms with Crippen molar-refractivity contribution in [1.29, 1.82) is 0 Å². The van der Waals surface area contributed by atoms with Crippen LogP contribution >= 0.6 is 31.9 Å². The lowest BCUT2D eigenvalue weighted by atomic mass is 9.95. The number of aromatic carboxylic acids is 2. The number of phenolic OH excluding ortho intramolecular Hbond substituents is 1. The molecule has 0 aliphatic heterocycles. The number of ether oxygens (including phenoxy) is 1. The minimum absolute atomic E-state index is 0.256. The van der Waals surface area contributed by atoms with Crippen LogP contribution in [0.4, 0.5) is 0 Å². The second-order valence-corrected chi connectivity index (χ2v) is 14.3. The van der Waals surface area contributed by atoms with Gasteiger partial charge >= 0.3 is 11.9 Å². The highest BCUT2D eigenvalue weighted by Crippen LogP contribution is 2.45. The molecule has 0 unspecified atom stereocenters. The number of rotatable bonds is 9. The molecule has 5 aromatic carbocycles. The Morgan fingerprint density at radius 2 is 1.08 bits per heavy atom. The molecule has 0 saturated carbocycles. The highest BCUT2D eigenvalue weighted by Gasteiger charge is 2.23. The van der Waals surface area contributed by atoms with Gasteiger partial charge in [-0.05, 0) is 138 Å². The molecule has 2 aliphatic rings. The van der Waals surface area contributed by atoms with Crippen molar-refractivity contribution in [3.05, 3.63) is 163 Å². The molecule has 0 saturated heterocycles. The van der Waals surface area contributed by atoms with Gasteiger partial charge in [-0.25, -0.2) is 9.59 Å². The van der Waals surface area contributed by atoms with Crippen LogP contribution in [-0.4, -0.2) is 27.3 Å². The van der Waals surface area contributed by atoms with E-state index in [0.29, 0.717) is 12.2 Å². The van der Waals surface area contributed by atoms with Gasteiger partial charge in [-0.2, -0.15) is 0 Å². The van der Waals surface area contributed by atoms with Crippen LogP contribution in [0.25, 0.3) is 22.3 Å². The molecule has 51 heavy (non-hydrogen) atoms. The van der Waals surface area contributed by atoms with Gasteiger partial charge in [0.25, 0.3) is 0 Å². The summed E-state index contributed by atoms with van der Waals surface area (Å²) in [7, 11) is 0. The van der Waals surface area contributed by atoms with Crippen molar-refractivity contribution in [2.45, 2.75) is 45.1 Å². The van der Waals surface area contributed by atoms with E-state index >= 15 is 0 Å². The monoisotopic (exact) mass is 806 g/mol. The zero-order chi connectivity index (χ0) is 35.9. The fourth-order valence-corrected chi connectivity index (χ4v) is 7.47. The van der Waals surface area contributed by atoms with Crippen LogP contribution < -0.4 is 4.74 Å². The molecule has 3 N–H and O–H groups in total. The van der Waals surface area contributed by atoms with E-state index in [-0.39, 0.29) is 11.3 Å². The van der Waals surface area contributed by atoms with Crippen LogP contribution in [0.1, 0.15) is 87.1 Å². The van der Waals surface area contributed by atoms with Crippen LogP contribution in [0.5, 0.6) is 11.5 Å². The zero-order valence-electron chi connectivity index (χ0n) is 27.7.